The fourth-order valence-corrected chi connectivity index (χ4v) is 2.21. The van der Waals surface area contributed by atoms with Crippen molar-refractivity contribution >= 4 is 0 Å². The Bertz CT molecular complexity index is 689. The van der Waals surface area contributed by atoms with Crippen LogP contribution in [0.15, 0.2) is 31.1 Å². The van der Waals surface area contributed by atoms with Crippen LogP contribution in [0, 0.1) is 6.92 Å². The Morgan fingerprint density at radius 2 is 2.16 bits per heavy atom. The topological polar surface area (TPSA) is 64.3 Å². The largest absolute Gasteiger partial charge is 0.348 e. The van der Waals surface area contributed by atoms with Gasteiger partial charge in [-0.2, -0.15) is 5.10 Å². The van der Waals surface area contributed by atoms with Gasteiger partial charge in [0.15, 0.2) is 5.82 Å². The highest BCUT2D eigenvalue weighted by Crippen LogP contribution is 2.25. The summed E-state index contributed by atoms with van der Waals surface area (Å²) in [6, 6.07) is 0.169. The number of aryl methyl sites for hydroxylation is 2. The van der Waals surface area contributed by atoms with Crippen molar-refractivity contribution in [2.45, 2.75) is 19.9 Å². The van der Waals surface area contributed by atoms with Gasteiger partial charge in [-0.05, 0) is 13.8 Å². The van der Waals surface area contributed by atoms with Crippen LogP contribution >= 0.6 is 0 Å². The molecule has 0 aliphatic heterocycles. The average Bonchev–Trinajstić information content (AvgIpc) is 3.07. The summed E-state index contributed by atoms with van der Waals surface area (Å²) in [5, 5.41) is 4.22. The van der Waals surface area contributed by atoms with Gasteiger partial charge >= 0.3 is 0 Å². The first-order valence-corrected chi connectivity index (χ1v) is 6.18. The lowest BCUT2D eigenvalue weighted by Gasteiger charge is -2.14. The Hall–Kier alpha value is -2.37. The fraction of sp³-hybridized carbons (Fsp3) is 0.308. The summed E-state index contributed by atoms with van der Waals surface area (Å²) < 4.78 is 3.92. The van der Waals surface area contributed by atoms with Crippen molar-refractivity contribution in [2.75, 3.05) is 0 Å². The van der Waals surface area contributed by atoms with Crippen LogP contribution in [0.4, 0.5) is 0 Å². The van der Waals surface area contributed by atoms with Crippen molar-refractivity contribution in [3.05, 3.63) is 42.4 Å². The van der Waals surface area contributed by atoms with E-state index in [0.717, 1.165) is 22.8 Å². The number of H-pyrrole nitrogens is 1. The molecular weight excluding hydrogens is 240 g/mol. The molecule has 0 aliphatic rings. The van der Waals surface area contributed by atoms with Gasteiger partial charge in [0.2, 0.25) is 0 Å². The molecule has 3 aromatic rings. The van der Waals surface area contributed by atoms with Crippen molar-refractivity contribution in [3.63, 3.8) is 0 Å². The third-order valence-electron chi connectivity index (χ3n) is 3.33. The van der Waals surface area contributed by atoms with Crippen LogP contribution in [-0.4, -0.2) is 29.3 Å². The number of aromatic amines is 1. The van der Waals surface area contributed by atoms with E-state index >= 15 is 0 Å². The number of nitrogens with one attached hydrogen (secondary N) is 1. The molecule has 0 spiro atoms. The van der Waals surface area contributed by atoms with Crippen molar-refractivity contribution < 1.29 is 0 Å². The lowest BCUT2D eigenvalue weighted by molar-refractivity contribution is 0.643. The molecule has 0 saturated carbocycles. The molecule has 98 valence electrons. The van der Waals surface area contributed by atoms with E-state index < -0.39 is 0 Å². The van der Waals surface area contributed by atoms with Gasteiger partial charge in [-0.3, -0.25) is 4.68 Å². The van der Waals surface area contributed by atoms with E-state index in [1.165, 1.54) is 0 Å². The van der Waals surface area contributed by atoms with Gasteiger partial charge in [0, 0.05) is 36.9 Å². The van der Waals surface area contributed by atoms with Crippen molar-refractivity contribution in [1.29, 1.82) is 0 Å². The highest BCUT2D eigenvalue weighted by molar-refractivity contribution is 5.53. The van der Waals surface area contributed by atoms with Crippen LogP contribution in [0.25, 0.3) is 11.5 Å². The van der Waals surface area contributed by atoms with Crippen molar-refractivity contribution in [3.8, 4) is 11.5 Å². The van der Waals surface area contributed by atoms with E-state index in [0.29, 0.717) is 0 Å². The number of rotatable bonds is 3. The Labute approximate surface area is 111 Å². The molecular formula is C13H16N6. The monoisotopic (exact) mass is 256 g/mol. The van der Waals surface area contributed by atoms with E-state index in [4.69, 9.17) is 0 Å². The molecule has 0 radical (unpaired) electrons. The second-order valence-electron chi connectivity index (χ2n) is 4.66. The first-order chi connectivity index (χ1) is 9.16. The SMILES string of the molecule is Cc1[nH]cnc1-c1nccn1[C@H](C)c1cnn(C)c1. The molecule has 0 saturated heterocycles. The summed E-state index contributed by atoms with van der Waals surface area (Å²) >= 11 is 0. The zero-order valence-electron chi connectivity index (χ0n) is 11.2. The predicted molar refractivity (Wildman–Crippen MR) is 71.6 cm³/mol. The second kappa shape index (κ2) is 4.38. The molecule has 1 atom stereocenters. The summed E-state index contributed by atoms with van der Waals surface area (Å²) in [6.07, 6.45) is 9.37. The Kier molecular flexibility index (Phi) is 2.70. The number of imidazole rings is 2. The van der Waals surface area contributed by atoms with E-state index in [1.807, 2.05) is 37.2 Å². The molecule has 0 unspecified atom stereocenters. The third kappa shape index (κ3) is 1.95. The maximum absolute atomic E-state index is 4.43. The molecule has 0 aromatic carbocycles. The average molecular weight is 256 g/mol. The number of nitrogens with zero attached hydrogens (tertiary/aromatic N) is 5. The Balaban J connectivity index is 2.03. The summed E-state index contributed by atoms with van der Waals surface area (Å²) in [5.74, 6) is 0.870. The lowest BCUT2D eigenvalue weighted by atomic mass is 10.2. The Morgan fingerprint density at radius 3 is 2.79 bits per heavy atom. The highest BCUT2D eigenvalue weighted by Gasteiger charge is 2.17. The summed E-state index contributed by atoms with van der Waals surface area (Å²) in [7, 11) is 1.92. The quantitative estimate of drug-likeness (QED) is 0.778. The molecule has 1 N–H and O–H groups in total. The van der Waals surface area contributed by atoms with Crippen LogP contribution in [0.3, 0.4) is 0 Å². The van der Waals surface area contributed by atoms with Gasteiger partial charge in [-0.15, -0.1) is 0 Å². The van der Waals surface area contributed by atoms with E-state index in [1.54, 1.807) is 12.5 Å². The zero-order valence-corrected chi connectivity index (χ0v) is 11.2. The molecule has 0 aliphatic carbocycles. The molecule has 3 heterocycles. The number of hydrogen-bond donors (Lipinski definition) is 1. The van der Waals surface area contributed by atoms with Gasteiger partial charge in [0.1, 0.15) is 5.69 Å². The maximum atomic E-state index is 4.43. The molecule has 0 bridgehead atoms. The van der Waals surface area contributed by atoms with Crippen LogP contribution in [0.5, 0.6) is 0 Å². The minimum atomic E-state index is 0.169. The molecule has 6 nitrogen and oxygen atoms in total. The van der Waals surface area contributed by atoms with Gasteiger partial charge < -0.3 is 9.55 Å². The van der Waals surface area contributed by atoms with Crippen molar-refractivity contribution in [1.82, 2.24) is 29.3 Å². The van der Waals surface area contributed by atoms with Crippen molar-refractivity contribution in [2.24, 2.45) is 7.05 Å². The Morgan fingerprint density at radius 1 is 1.32 bits per heavy atom. The molecule has 6 heteroatoms. The molecule has 3 rings (SSSR count). The van der Waals surface area contributed by atoms with Crippen LogP contribution in [0.2, 0.25) is 0 Å². The van der Waals surface area contributed by atoms with E-state index in [2.05, 4.69) is 31.5 Å². The maximum Gasteiger partial charge on any atom is 0.161 e. The third-order valence-corrected chi connectivity index (χ3v) is 3.33. The van der Waals surface area contributed by atoms with E-state index in [-0.39, 0.29) is 6.04 Å². The molecule has 3 aromatic heterocycles. The summed E-state index contributed by atoms with van der Waals surface area (Å²) in [4.78, 5) is 11.9. The normalized spacial score (nSPS) is 12.8. The lowest BCUT2D eigenvalue weighted by Crippen LogP contribution is -2.07. The number of aromatic nitrogens is 6. The van der Waals surface area contributed by atoms with Crippen LogP contribution < -0.4 is 0 Å². The predicted octanol–water partition coefficient (Wildman–Crippen LogP) is 1.92. The van der Waals surface area contributed by atoms with Crippen LogP contribution in [-0.2, 0) is 7.05 Å². The second-order valence-corrected chi connectivity index (χ2v) is 4.66. The standard InChI is InChI=1S/C13H16N6/c1-9-12(16-8-15-9)13-14-4-5-19(13)10(2)11-6-17-18(3)7-11/h4-8,10H,1-3H3,(H,15,16)/t10-/m1/s1. The smallest absolute Gasteiger partial charge is 0.161 e. The highest BCUT2D eigenvalue weighted by atomic mass is 15.2. The van der Waals surface area contributed by atoms with Gasteiger partial charge in [0.25, 0.3) is 0 Å². The summed E-state index contributed by atoms with van der Waals surface area (Å²) in [5.41, 5.74) is 3.06. The number of hydrogen-bond acceptors (Lipinski definition) is 3. The van der Waals surface area contributed by atoms with Gasteiger partial charge in [-0.25, -0.2) is 9.97 Å². The fourth-order valence-electron chi connectivity index (χ4n) is 2.21. The summed E-state index contributed by atoms with van der Waals surface area (Å²) in [6.45, 7) is 4.13. The van der Waals surface area contributed by atoms with Gasteiger partial charge in [-0.1, -0.05) is 0 Å². The first-order valence-electron chi connectivity index (χ1n) is 6.18. The minimum absolute atomic E-state index is 0.169. The zero-order chi connectivity index (χ0) is 13.4. The molecule has 0 amide bonds. The first kappa shape index (κ1) is 11.7. The van der Waals surface area contributed by atoms with Crippen LogP contribution in [0.1, 0.15) is 24.2 Å². The molecule has 19 heavy (non-hydrogen) atoms. The van der Waals surface area contributed by atoms with E-state index in [9.17, 15) is 0 Å². The minimum Gasteiger partial charge on any atom is -0.348 e. The molecule has 0 fully saturated rings. The van der Waals surface area contributed by atoms with Gasteiger partial charge in [0.05, 0.1) is 18.6 Å².